The zero-order chi connectivity index (χ0) is 21.5. The highest BCUT2D eigenvalue weighted by atomic mass is 35.5. The minimum atomic E-state index is -0.0888. The Hall–Kier alpha value is -1.79. The Morgan fingerprint density at radius 2 is 1.55 bits per heavy atom. The number of hydrogen-bond donors (Lipinski definition) is 0. The average molecular weight is 452 g/mol. The van der Waals surface area contributed by atoms with Gasteiger partial charge in [-0.2, -0.15) is 0 Å². The normalized spacial score (nSPS) is 18.4. The van der Waals surface area contributed by atoms with Crippen LogP contribution in [0.1, 0.15) is 49.4 Å². The Balaban J connectivity index is 0.00000341. The van der Waals surface area contributed by atoms with E-state index < -0.39 is 0 Å². The first kappa shape index (κ1) is 25.5. The molecular formula is C24H38ClN3O3. The summed E-state index contributed by atoms with van der Waals surface area (Å²) in [6, 6.07) is 7.10. The van der Waals surface area contributed by atoms with Gasteiger partial charge in [0.25, 0.3) is 5.91 Å². The zero-order valence-corrected chi connectivity index (χ0v) is 20.0. The lowest BCUT2D eigenvalue weighted by atomic mass is 9.79. The third-order valence-corrected chi connectivity index (χ3v) is 6.77. The molecule has 0 bridgehead atoms. The molecule has 7 heteroatoms. The van der Waals surface area contributed by atoms with Gasteiger partial charge in [-0.15, -0.1) is 12.4 Å². The first-order chi connectivity index (χ1) is 14.5. The van der Waals surface area contributed by atoms with Gasteiger partial charge in [-0.05, 0) is 88.3 Å². The van der Waals surface area contributed by atoms with Crippen LogP contribution >= 0.6 is 12.4 Å². The van der Waals surface area contributed by atoms with E-state index in [9.17, 15) is 9.59 Å². The molecule has 2 aliphatic heterocycles. The van der Waals surface area contributed by atoms with E-state index in [0.717, 1.165) is 49.9 Å². The highest BCUT2D eigenvalue weighted by Gasteiger charge is 2.31. The quantitative estimate of drug-likeness (QED) is 0.636. The maximum absolute atomic E-state index is 13.0. The van der Waals surface area contributed by atoms with Crippen molar-refractivity contribution < 1.29 is 14.3 Å². The number of rotatable bonds is 7. The summed E-state index contributed by atoms with van der Waals surface area (Å²) < 4.78 is 5.17. The molecule has 1 aromatic rings. The second-order valence-corrected chi connectivity index (χ2v) is 8.81. The van der Waals surface area contributed by atoms with Crippen LogP contribution in [0.3, 0.4) is 0 Å². The molecule has 0 radical (unpaired) electrons. The zero-order valence-electron chi connectivity index (χ0n) is 19.2. The fourth-order valence-corrected chi connectivity index (χ4v) is 4.82. The maximum Gasteiger partial charge on any atom is 0.254 e. The number of benzene rings is 1. The van der Waals surface area contributed by atoms with Crippen molar-refractivity contribution in [2.75, 3.05) is 53.4 Å². The predicted octanol–water partition coefficient (Wildman–Crippen LogP) is 3.55. The number of amides is 2. The predicted molar refractivity (Wildman–Crippen MR) is 126 cm³/mol. The number of methoxy groups -OCH3 is 1. The summed E-state index contributed by atoms with van der Waals surface area (Å²) in [6.45, 7) is 6.83. The second kappa shape index (κ2) is 12.3. The largest absolute Gasteiger partial charge is 0.497 e. The number of carbonyl (C=O) groups excluding carboxylic acids is 2. The van der Waals surface area contributed by atoms with Crippen LogP contribution in [0.4, 0.5) is 0 Å². The van der Waals surface area contributed by atoms with Crippen LogP contribution in [-0.2, 0) is 4.79 Å². The minimum absolute atomic E-state index is 0. The molecule has 0 spiro atoms. The first-order valence-corrected chi connectivity index (χ1v) is 11.4. The van der Waals surface area contributed by atoms with Crippen molar-refractivity contribution in [1.29, 1.82) is 0 Å². The molecule has 2 fully saturated rings. The van der Waals surface area contributed by atoms with Gasteiger partial charge in [0, 0.05) is 25.2 Å². The Labute approximate surface area is 193 Å². The van der Waals surface area contributed by atoms with Crippen molar-refractivity contribution >= 4 is 24.2 Å². The van der Waals surface area contributed by atoms with Crippen molar-refractivity contribution in [3.8, 4) is 5.75 Å². The minimum Gasteiger partial charge on any atom is -0.497 e. The highest BCUT2D eigenvalue weighted by Crippen LogP contribution is 2.32. The van der Waals surface area contributed by atoms with Gasteiger partial charge in [0.05, 0.1) is 7.11 Å². The molecular weight excluding hydrogens is 414 g/mol. The number of nitrogens with zero attached hydrogens (tertiary/aromatic N) is 3. The summed E-state index contributed by atoms with van der Waals surface area (Å²) in [5.41, 5.74) is 0.595. The topological polar surface area (TPSA) is 53.1 Å². The van der Waals surface area contributed by atoms with E-state index in [1.54, 1.807) is 36.3 Å². The van der Waals surface area contributed by atoms with Crippen molar-refractivity contribution in [2.24, 2.45) is 11.8 Å². The van der Waals surface area contributed by atoms with E-state index in [1.807, 2.05) is 11.8 Å². The molecule has 2 heterocycles. The van der Waals surface area contributed by atoms with E-state index >= 15 is 0 Å². The van der Waals surface area contributed by atoms with E-state index in [2.05, 4.69) is 11.9 Å². The smallest absolute Gasteiger partial charge is 0.254 e. The van der Waals surface area contributed by atoms with Crippen LogP contribution in [0, 0.1) is 11.8 Å². The fourth-order valence-electron chi connectivity index (χ4n) is 4.82. The summed E-state index contributed by atoms with van der Waals surface area (Å²) >= 11 is 0. The average Bonchev–Trinajstić information content (AvgIpc) is 2.79. The van der Waals surface area contributed by atoms with E-state index in [0.29, 0.717) is 12.1 Å². The van der Waals surface area contributed by atoms with Gasteiger partial charge >= 0.3 is 0 Å². The number of halogens is 1. The van der Waals surface area contributed by atoms with Crippen LogP contribution in [0.5, 0.6) is 5.75 Å². The lowest BCUT2D eigenvalue weighted by Crippen LogP contribution is -2.47. The highest BCUT2D eigenvalue weighted by molar-refractivity contribution is 5.96. The molecule has 31 heavy (non-hydrogen) atoms. The fraction of sp³-hybridized carbons (Fsp3) is 0.667. The molecule has 0 aliphatic carbocycles. The Morgan fingerprint density at radius 3 is 2.06 bits per heavy atom. The molecule has 0 atom stereocenters. The summed E-state index contributed by atoms with van der Waals surface area (Å²) in [6.07, 6.45) is 5.60. The van der Waals surface area contributed by atoms with Crippen LogP contribution in [0.2, 0.25) is 0 Å². The monoisotopic (exact) mass is 451 g/mol. The standard InChI is InChI=1S/C24H37N3O3.ClH/c1-4-13-27(24(29)21-5-7-22(30-3)8-6-21)18-23(28)26-16-11-20(12-17-26)19-9-14-25(2)15-10-19;/h5-8,19-20H,4,9-18H2,1-3H3;1H. The lowest BCUT2D eigenvalue weighted by Gasteiger charge is -2.39. The van der Waals surface area contributed by atoms with Crippen molar-refractivity contribution in [2.45, 2.75) is 39.0 Å². The number of carbonyl (C=O) groups is 2. The lowest BCUT2D eigenvalue weighted by molar-refractivity contribution is -0.133. The van der Waals surface area contributed by atoms with Gasteiger partial charge in [-0.3, -0.25) is 9.59 Å². The molecule has 0 N–H and O–H groups in total. The maximum atomic E-state index is 13.0. The summed E-state index contributed by atoms with van der Waals surface area (Å²) in [7, 11) is 3.81. The number of likely N-dealkylation sites (tertiary alicyclic amines) is 2. The van der Waals surface area contributed by atoms with E-state index in [4.69, 9.17) is 4.74 Å². The van der Waals surface area contributed by atoms with Crippen molar-refractivity contribution in [3.05, 3.63) is 29.8 Å². The molecule has 2 saturated heterocycles. The molecule has 0 unspecified atom stereocenters. The van der Waals surface area contributed by atoms with Crippen molar-refractivity contribution in [3.63, 3.8) is 0 Å². The molecule has 3 rings (SSSR count). The third-order valence-electron chi connectivity index (χ3n) is 6.77. The third kappa shape index (κ3) is 6.84. The number of piperidine rings is 2. The number of hydrogen-bond acceptors (Lipinski definition) is 4. The molecule has 2 aliphatic rings. The molecule has 174 valence electrons. The summed E-state index contributed by atoms with van der Waals surface area (Å²) in [5, 5.41) is 0. The molecule has 2 amide bonds. The van der Waals surface area contributed by atoms with Gasteiger partial charge < -0.3 is 19.4 Å². The molecule has 6 nitrogen and oxygen atoms in total. The van der Waals surface area contributed by atoms with Gasteiger partial charge in [-0.1, -0.05) is 6.92 Å². The SMILES string of the molecule is CCCN(CC(=O)N1CCC(C2CCN(C)CC2)CC1)C(=O)c1ccc(OC)cc1.Cl. The Kier molecular flexibility index (Phi) is 10.1. The first-order valence-electron chi connectivity index (χ1n) is 11.4. The van der Waals surface area contributed by atoms with Crippen LogP contribution in [0.25, 0.3) is 0 Å². The van der Waals surface area contributed by atoms with Gasteiger partial charge in [0.1, 0.15) is 12.3 Å². The molecule has 0 aromatic heterocycles. The summed E-state index contributed by atoms with van der Waals surface area (Å²) in [4.78, 5) is 32.0. The van der Waals surface area contributed by atoms with Crippen LogP contribution < -0.4 is 4.74 Å². The van der Waals surface area contributed by atoms with E-state index in [1.165, 1.54) is 25.9 Å². The Morgan fingerprint density at radius 1 is 1.00 bits per heavy atom. The van der Waals surface area contributed by atoms with Crippen LogP contribution in [-0.4, -0.2) is 79.9 Å². The summed E-state index contributed by atoms with van der Waals surface area (Å²) in [5.74, 6) is 2.26. The van der Waals surface area contributed by atoms with E-state index in [-0.39, 0.29) is 30.8 Å². The Bertz CT molecular complexity index is 697. The van der Waals surface area contributed by atoms with Gasteiger partial charge in [-0.25, -0.2) is 0 Å². The van der Waals surface area contributed by atoms with Gasteiger partial charge in [0.2, 0.25) is 5.91 Å². The molecule has 1 aromatic carbocycles. The second-order valence-electron chi connectivity index (χ2n) is 8.81. The molecule has 0 saturated carbocycles. The van der Waals surface area contributed by atoms with Crippen molar-refractivity contribution in [1.82, 2.24) is 14.7 Å². The van der Waals surface area contributed by atoms with Gasteiger partial charge in [0.15, 0.2) is 0 Å². The number of ether oxygens (including phenoxy) is 1. The van der Waals surface area contributed by atoms with Crippen LogP contribution in [0.15, 0.2) is 24.3 Å².